The highest BCUT2D eigenvalue weighted by Gasteiger charge is 2.57. The average molecular weight is 612 g/mol. The number of amides is 2. The maximum absolute atomic E-state index is 13.0. The number of nitriles is 1. The van der Waals surface area contributed by atoms with Gasteiger partial charge in [-0.3, -0.25) is 9.67 Å². The number of pyridine rings is 1. The Hall–Kier alpha value is -4.99. The number of ether oxygens (including phenoxy) is 2. The van der Waals surface area contributed by atoms with Crippen molar-refractivity contribution in [1.29, 1.82) is 5.26 Å². The van der Waals surface area contributed by atoms with Crippen LogP contribution in [0.1, 0.15) is 47.1 Å². The van der Waals surface area contributed by atoms with Crippen LogP contribution in [0.5, 0.6) is 0 Å². The lowest BCUT2D eigenvalue weighted by Crippen LogP contribution is -2.45. The molecule has 2 fully saturated rings. The van der Waals surface area contributed by atoms with Crippen molar-refractivity contribution >= 4 is 23.5 Å². The van der Waals surface area contributed by atoms with Gasteiger partial charge in [0.25, 0.3) is 0 Å². The number of aromatic nitrogens is 6. The van der Waals surface area contributed by atoms with E-state index < -0.39 is 23.4 Å². The Morgan fingerprint density at radius 3 is 2.13 bits per heavy atom. The minimum atomic E-state index is -0.738. The van der Waals surface area contributed by atoms with Crippen molar-refractivity contribution in [2.24, 2.45) is 24.8 Å². The summed E-state index contributed by atoms with van der Waals surface area (Å²) in [6, 6.07) is 4.21. The number of fused-ring (bicyclic) bond motifs is 2. The highest BCUT2D eigenvalue weighted by molar-refractivity contribution is 5.88. The van der Waals surface area contributed by atoms with Crippen LogP contribution in [0, 0.1) is 29.1 Å². The molecule has 6 rings (SSSR count). The van der Waals surface area contributed by atoms with Crippen LogP contribution < -0.4 is 4.90 Å². The Labute approximate surface area is 261 Å². The van der Waals surface area contributed by atoms with Crippen LogP contribution in [0.4, 0.5) is 15.4 Å². The molecule has 0 radical (unpaired) electrons. The van der Waals surface area contributed by atoms with E-state index in [0.29, 0.717) is 28.6 Å². The number of carbonyl (C=O) groups is 2. The third kappa shape index (κ3) is 6.18. The quantitative estimate of drug-likeness (QED) is 0.305. The third-order valence-electron chi connectivity index (χ3n) is 8.00. The fourth-order valence-electron chi connectivity index (χ4n) is 5.93. The summed E-state index contributed by atoms with van der Waals surface area (Å²) >= 11 is 0. The van der Waals surface area contributed by atoms with Gasteiger partial charge in [-0.2, -0.15) is 15.5 Å². The average Bonchev–Trinajstić information content (AvgIpc) is 3.39. The molecule has 0 N–H and O–H groups in total. The summed E-state index contributed by atoms with van der Waals surface area (Å²) in [5.41, 5.74) is 2.82. The summed E-state index contributed by atoms with van der Waals surface area (Å²) in [5, 5.41) is 18.4. The van der Waals surface area contributed by atoms with Crippen molar-refractivity contribution in [3.8, 4) is 28.5 Å². The van der Waals surface area contributed by atoms with Crippen molar-refractivity contribution in [3.63, 3.8) is 0 Å². The molecule has 0 spiro atoms. The fourth-order valence-corrected chi connectivity index (χ4v) is 5.93. The fraction of sp³-hybridized carbons (Fsp3) is 0.469. The van der Waals surface area contributed by atoms with Gasteiger partial charge in [-0.15, -0.1) is 0 Å². The van der Waals surface area contributed by atoms with Gasteiger partial charge in [-0.05, 0) is 65.4 Å². The van der Waals surface area contributed by atoms with Gasteiger partial charge in [-0.1, -0.05) is 0 Å². The van der Waals surface area contributed by atoms with Gasteiger partial charge in [0.2, 0.25) is 0 Å². The predicted molar refractivity (Wildman–Crippen MR) is 165 cm³/mol. The van der Waals surface area contributed by atoms with E-state index >= 15 is 0 Å². The Kier molecular flexibility index (Phi) is 7.26. The zero-order valence-electron chi connectivity index (χ0n) is 26.6. The van der Waals surface area contributed by atoms with Crippen molar-refractivity contribution in [1.82, 2.24) is 34.3 Å². The monoisotopic (exact) mass is 611 g/mol. The lowest BCUT2D eigenvalue weighted by Gasteiger charge is -2.29. The topological polar surface area (TPSA) is 144 Å². The summed E-state index contributed by atoms with van der Waals surface area (Å²) < 4.78 is 14.5. The van der Waals surface area contributed by atoms with Crippen LogP contribution >= 0.6 is 0 Å². The maximum Gasteiger partial charge on any atom is 0.419 e. The van der Waals surface area contributed by atoms with Crippen molar-refractivity contribution in [3.05, 3.63) is 48.8 Å². The molecule has 4 aromatic heterocycles. The van der Waals surface area contributed by atoms with Gasteiger partial charge < -0.3 is 14.4 Å². The Balaban J connectivity index is 1.17. The SMILES string of the molecule is Cn1cc(-c2cc(-c3cnc(N4C[C@@H]5C(CN(C(=O)OC(C)(C)C)C(=O)OC(C)(C)C)[C@@H]5C4)cn3)c3c(C#N)cnn3c2)cn1. The van der Waals surface area contributed by atoms with E-state index in [1.165, 1.54) is 0 Å². The summed E-state index contributed by atoms with van der Waals surface area (Å²) in [5.74, 6) is 1.51. The molecule has 5 heterocycles. The molecular weight excluding hydrogens is 574 g/mol. The van der Waals surface area contributed by atoms with Crippen LogP contribution in [-0.4, -0.2) is 77.3 Å². The van der Waals surface area contributed by atoms with Crippen LogP contribution in [0.2, 0.25) is 0 Å². The number of anilines is 1. The first-order valence-electron chi connectivity index (χ1n) is 14.9. The Morgan fingerprint density at radius 1 is 0.933 bits per heavy atom. The van der Waals surface area contributed by atoms with E-state index in [1.807, 2.05) is 25.5 Å². The standard InChI is InChI=1S/C32H37N9O4/c1-31(2,3)44-29(42)40(30(43)45-32(4,5)6)18-25-23-16-39(17-24(23)25)27-13-34-26(12-35-27)22-8-19(21-11-36-38(7)14-21)15-41-28(22)20(9-33)10-37-41/h8,10-15,23-25H,16-18H2,1-7H3/t23-,24+,25?. The third-order valence-corrected chi connectivity index (χ3v) is 8.00. The zero-order valence-corrected chi connectivity index (χ0v) is 26.6. The van der Waals surface area contributed by atoms with Crippen molar-refractivity contribution in [2.45, 2.75) is 52.7 Å². The predicted octanol–water partition coefficient (Wildman–Crippen LogP) is 4.92. The molecule has 3 atom stereocenters. The highest BCUT2D eigenvalue weighted by Crippen LogP contribution is 2.52. The van der Waals surface area contributed by atoms with Crippen LogP contribution in [0.15, 0.2) is 43.2 Å². The Bertz CT molecular complexity index is 1770. The highest BCUT2D eigenvalue weighted by atomic mass is 16.6. The van der Waals surface area contributed by atoms with E-state index in [0.717, 1.165) is 40.5 Å². The summed E-state index contributed by atoms with van der Waals surface area (Å²) in [6.45, 7) is 12.3. The van der Waals surface area contributed by atoms with Crippen LogP contribution in [-0.2, 0) is 16.5 Å². The van der Waals surface area contributed by atoms with Crippen molar-refractivity contribution < 1.29 is 19.1 Å². The smallest absolute Gasteiger partial charge is 0.419 e. The van der Waals surface area contributed by atoms with Crippen molar-refractivity contribution in [2.75, 3.05) is 24.5 Å². The van der Waals surface area contributed by atoms with Gasteiger partial charge in [-0.25, -0.2) is 24.0 Å². The number of imide groups is 1. The molecule has 1 aliphatic heterocycles. The van der Waals surface area contributed by atoms with Gasteiger partial charge in [0.1, 0.15) is 23.1 Å². The minimum absolute atomic E-state index is 0.156. The van der Waals surface area contributed by atoms with Gasteiger partial charge in [0.15, 0.2) is 0 Å². The molecule has 1 saturated heterocycles. The molecule has 1 aliphatic carbocycles. The second-order valence-electron chi connectivity index (χ2n) is 13.7. The number of aryl methyl sites for hydroxylation is 1. The van der Waals surface area contributed by atoms with Crippen LogP contribution in [0.3, 0.4) is 0 Å². The molecule has 13 nitrogen and oxygen atoms in total. The van der Waals surface area contributed by atoms with Gasteiger partial charge in [0.05, 0.1) is 41.6 Å². The number of hydrogen-bond donors (Lipinski definition) is 0. The molecule has 4 aromatic rings. The first-order valence-corrected chi connectivity index (χ1v) is 14.9. The van der Waals surface area contributed by atoms with E-state index in [1.54, 1.807) is 75.5 Å². The Morgan fingerprint density at radius 2 is 1.60 bits per heavy atom. The molecule has 2 aliphatic rings. The first kappa shape index (κ1) is 30.1. The lowest BCUT2D eigenvalue weighted by atomic mass is 10.0. The molecular formula is C32H37N9O4. The van der Waals surface area contributed by atoms with E-state index in [9.17, 15) is 14.9 Å². The second-order valence-corrected chi connectivity index (χ2v) is 13.7. The molecule has 1 unspecified atom stereocenters. The molecule has 1 saturated carbocycles. The molecule has 13 heteroatoms. The molecule has 0 aromatic carbocycles. The number of rotatable bonds is 5. The minimum Gasteiger partial charge on any atom is -0.443 e. The van der Waals surface area contributed by atoms with Crippen LogP contribution in [0.25, 0.3) is 27.9 Å². The first-order chi connectivity index (χ1) is 21.2. The largest absolute Gasteiger partial charge is 0.443 e. The van der Waals surface area contributed by atoms with Gasteiger partial charge >= 0.3 is 12.2 Å². The normalized spacial score (nSPS) is 19.2. The van der Waals surface area contributed by atoms with E-state index in [2.05, 4.69) is 21.2 Å². The second kappa shape index (κ2) is 10.9. The number of piperidine rings is 1. The number of nitrogens with zero attached hydrogens (tertiary/aromatic N) is 9. The molecule has 45 heavy (non-hydrogen) atoms. The summed E-state index contributed by atoms with van der Waals surface area (Å²) in [4.78, 5) is 38.7. The lowest BCUT2D eigenvalue weighted by molar-refractivity contribution is 0.0000801. The summed E-state index contributed by atoms with van der Waals surface area (Å²) in [7, 11) is 1.86. The number of carbonyl (C=O) groups excluding carboxylic acids is 2. The zero-order chi connectivity index (χ0) is 32.3. The maximum atomic E-state index is 13.0. The van der Waals surface area contributed by atoms with Gasteiger partial charge in [0, 0.05) is 55.8 Å². The summed E-state index contributed by atoms with van der Waals surface area (Å²) in [6.07, 6.45) is 9.20. The molecule has 234 valence electrons. The van der Waals surface area contributed by atoms with E-state index in [-0.39, 0.29) is 12.5 Å². The molecule has 2 amide bonds. The van der Waals surface area contributed by atoms with E-state index in [4.69, 9.17) is 19.4 Å². The number of hydrogen-bond acceptors (Lipinski definition) is 10. The molecule has 0 bridgehead atoms.